The van der Waals surface area contributed by atoms with Crippen LogP contribution in [0.5, 0.6) is 0 Å². The summed E-state index contributed by atoms with van der Waals surface area (Å²) in [5, 5.41) is 8.80. The van der Waals surface area contributed by atoms with Crippen LogP contribution in [0, 0.1) is 5.92 Å². The smallest absolute Gasteiger partial charge is 0.0459 e. The molecule has 0 aliphatic rings. The summed E-state index contributed by atoms with van der Waals surface area (Å²) < 4.78 is 0. The Labute approximate surface area is 63.8 Å². The fourth-order valence-electron chi connectivity index (χ4n) is 0.975. The quantitative estimate of drug-likeness (QED) is 0.446. The van der Waals surface area contributed by atoms with Gasteiger partial charge in [-0.05, 0) is 25.2 Å². The number of rotatable bonds is 6. The van der Waals surface area contributed by atoms with Gasteiger partial charge in [0.15, 0.2) is 0 Å². The van der Waals surface area contributed by atoms with E-state index in [1.54, 1.807) is 0 Å². The summed E-state index contributed by atoms with van der Waals surface area (Å²) in [6.07, 6.45) is 6.41. The largest absolute Gasteiger partial charge is 0.396 e. The molecule has 0 aliphatic heterocycles. The molecule has 0 fully saturated rings. The van der Waals surface area contributed by atoms with E-state index in [1.165, 1.54) is 6.42 Å². The van der Waals surface area contributed by atoms with Crippen molar-refractivity contribution in [2.24, 2.45) is 5.92 Å². The van der Waals surface area contributed by atoms with Crippen molar-refractivity contribution < 1.29 is 5.11 Å². The number of hydrogen-bond acceptors (Lipinski definition) is 1. The zero-order valence-electron chi connectivity index (χ0n) is 6.84. The Hall–Kier alpha value is -0.300. The molecule has 1 N–H and O–H groups in total. The summed E-state index contributed by atoms with van der Waals surface area (Å²) in [4.78, 5) is 0. The molecule has 0 aromatic carbocycles. The highest BCUT2D eigenvalue weighted by Gasteiger charge is 2.01. The van der Waals surface area contributed by atoms with Gasteiger partial charge in [0.25, 0.3) is 0 Å². The van der Waals surface area contributed by atoms with Gasteiger partial charge in [0.2, 0.25) is 0 Å². The van der Waals surface area contributed by atoms with E-state index in [-0.39, 0.29) is 0 Å². The number of aliphatic hydroxyl groups is 1. The Balaban J connectivity index is 3.16. The summed E-state index contributed by atoms with van der Waals surface area (Å²) in [7, 11) is 0. The van der Waals surface area contributed by atoms with Crippen molar-refractivity contribution in [3.8, 4) is 0 Å². The Morgan fingerprint density at radius 1 is 1.60 bits per heavy atom. The van der Waals surface area contributed by atoms with Crippen molar-refractivity contribution in [1.82, 2.24) is 0 Å². The van der Waals surface area contributed by atoms with Gasteiger partial charge < -0.3 is 5.11 Å². The summed E-state index contributed by atoms with van der Waals surface area (Å²) >= 11 is 0. The van der Waals surface area contributed by atoms with Crippen LogP contribution in [0.1, 0.15) is 32.6 Å². The molecule has 0 aliphatic carbocycles. The van der Waals surface area contributed by atoms with Gasteiger partial charge in [-0.25, -0.2) is 0 Å². The minimum absolute atomic E-state index is 0.341. The lowest BCUT2D eigenvalue weighted by atomic mass is 10.0. The van der Waals surface area contributed by atoms with Gasteiger partial charge >= 0.3 is 0 Å². The standard InChI is InChI=1S/C9H18O/c1-3-5-6-7-9(4-2)8-10/h3,9-10H,1,4-8H2,2H3. The molecule has 0 heterocycles. The average molecular weight is 142 g/mol. The molecule has 0 rings (SSSR count). The Kier molecular flexibility index (Phi) is 6.61. The molecule has 0 radical (unpaired) electrons. The maximum absolute atomic E-state index is 8.80. The van der Waals surface area contributed by atoms with Crippen LogP contribution < -0.4 is 0 Å². The van der Waals surface area contributed by atoms with E-state index < -0.39 is 0 Å². The monoisotopic (exact) mass is 142 g/mol. The minimum Gasteiger partial charge on any atom is -0.396 e. The van der Waals surface area contributed by atoms with Crippen molar-refractivity contribution in [2.75, 3.05) is 6.61 Å². The Morgan fingerprint density at radius 3 is 2.70 bits per heavy atom. The summed E-state index contributed by atoms with van der Waals surface area (Å²) in [6, 6.07) is 0. The molecule has 10 heavy (non-hydrogen) atoms. The van der Waals surface area contributed by atoms with Crippen molar-refractivity contribution >= 4 is 0 Å². The first-order chi connectivity index (χ1) is 4.85. The van der Waals surface area contributed by atoms with Crippen molar-refractivity contribution in [1.29, 1.82) is 0 Å². The highest BCUT2D eigenvalue weighted by Crippen LogP contribution is 2.11. The molecular weight excluding hydrogens is 124 g/mol. The second kappa shape index (κ2) is 6.81. The fourth-order valence-corrected chi connectivity index (χ4v) is 0.975. The van der Waals surface area contributed by atoms with E-state index in [4.69, 9.17) is 5.11 Å². The SMILES string of the molecule is C=CCCCC(CC)CO. The lowest BCUT2D eigenvalue weighted by Crippen LogP contribution is -2.03. The topological polar surface area (TPSA) is 20.2 Å². The number of allylic oxidation sites excluding steroid dienone is 1. The third-order valence-corrected chi connectivity index (χ3v) is 1.86. The van der Waals surface area contributed by atoms with Crippen LogP contribution >= 0.6 is 0 Å². The molecule has 1 unspecified atom stereocenters. The van der Waals surface area contributed by atoms with Crippen LogP contribution in [0.3, 0.4) is 0 Å². The van der Waals surface area contributed by atoms with E-state index in [9.17, 15) is 0 Å². The molecule has 0 aromatic heterocycles. The molecule has 0 aromatic rings. The Morgan fingerprint density at radius 2 is 2.30 bits per heavy atom. The molecule has 0 spiro atoms. The summed E-state index contributed by atoms with van der Waals surface area (Å²) in [5.41, 5.74) is 0. The van der Waals surface area contributed by atoms with Gasteiger partial charge in [-0.2, -0.15) is 0 Å². The van der Waals surface area contributed by atoms with Crippen molar-refractivity contribution in [2.45, 2.75) is 32.6 Å². The number of hydrogen-bond donors (Lipinski definition) is 1. The maximum atomic E-state index is 8.80. The lowest BCUT2D eigenvalue weighted by molar-refractivity contribution is 0.213. The third-order valence-electron chi connectivity index (χ3n) is 1.86. The van der Waals surface area contributed by atoms with Gasteiger partial charge in [-0.1, -0.05) is 19.4 Å². The van der Waals surface area contributed by atoms with Crippen LogP contribution in [0.2, 0.25) is 0 Å². The summed E-state index contributed by atoms with van der Waals surface area (Å²) in [5.74, 6) is 0.514. The average Bonchev–Trinajstić information content (AvgIpc) is 1.99. The first-order valence-electron chi connectivity index (χ1n) is 4.06. The molecule has 1 atom stereocenters. The molecule has 1 nitrogen and oxygen atoms in total. The van der Waals surface area contributed by atoms with E-state index in [2.05, 4.69) is 13.5 Å². The minimum atomic E-state index is 0.341. The van der Waals surface area contributed by atoms with Gasteiger partial charge in [0.1, 0.15) is 0 Å². The van der Waals surface area contributed by atoms with E-state index in [0.717, 1.165) is 19.3 Å². The molecule has 0 bridgehead atoms. The van der Waals surface area contributed by atoms with Crippen LogP contribution in [-0.4, -0.2) is 11.7 Å². The summed E-state index contributed by atoms with van der Waals surface area (Å²) in [6.45, 7) is 6.11. The molecule has 0 saturated heterocycles. The van der Waals surface area contributed by atoms with E-state index in [1.807, 2.05) is 6.08 Å². The van der Waals surface area contributed by atoms with E-state index >= 15 is 0 Å². The predicted octanol–water partition coefficient (Wildman–Crippen LogP) is 2.36. The zero-order chi connectivity index (χ0) is 7.82. The second-order valence-electron chi connectivity index (χ2n) is 2.68. The predicted molar refractivity (Wildman–Crippen MR) is 44.9 cm³/mol. The number of unbranched alkanes of at least 4 members (excludes halogenated alkanes) is 1. The van der Waals surface area contributed by atoms with Gasteiger partial charge in [-0.15, -0.1) is 6.58 Å². The first kappa shape index (κ1) is 9.70. The highest BCUT2D eigenvalue weighted by molar-refractivity contribution is 4.67. The van der Waals surface area contributed by atoms with Gasteiger partial charge in [0, 0.05) is 6.61 Å². The maximum Gasteiger partial charge on any atom is 0.0459 e. The van der Waals surface area contributed by atoms with Crippen LogP contribution in [0.4, 0.5) is 0 Å². The highest BCUT2D eigenvalue weighted by atomic mass is 16.3. The number of aliphatic hydroxyl groups excluding tert-OH is 1. The van der Waals surface area contributed by atoms with Crippen molar-refractivity contribution in [3.05, 3.63) is 12.7 Å². The van der Waals surface area contributed by atoms with Crippen LogP contribution in [0.15, 0.2) is 12.7 Å². The molecule has 0 amide bonds. The second-order valence-corrected chi connectivity index (χ2v) is 2.68. The molecular formula is C9H18O. The fraction of sp³-hybridized carbons (Fsp3) is 0.778. The third kappa shape index (κ3) is 4.57. The zero-order valence-corrected chi connectivity index (χ0v) is 6.84. The van der Waals surface area contributed by atoms with Crippen molar-refractivity contribution in [3.63, 3.8) is 0 Å². The molecule has 0 saturated carbocycles. The van der Waals surface area contributed by atoms with Gasteiger partial charge in [-0.3, -0.25) is 0 Å². The Bertz CT molecular complexity index is 74.8. The van der Waals surface area contributed by atoms with Crippen LogP contribution in [-0.2, 0) is 0 Å². The molecule has 1 heteroatoms. The normalized spacial score (nSPS) is 13.0. The lowest BCUT2D eigenvalue weighted by Gasteiger charge is -2.08. The van der Waals surface area contributed by atoms with Crippen LogP contribution in [0.25, 0.3) is 0 Å². The molecule has 60 valence electrons. The first-order valence-corrected chi connectivity index (χ1v) is 4.06. The van der Waals surface area contributed by atoms with E-state index in [0.29, 0.717) is 12.5 Å². The van der Waals surface area contributed by atoms with Gasteiger partial charge in [0.05, 0.1) is 0 Å².